The van der Waals surface area contributed by atoms with Crippen LogP contribution in [0.3, 0.4) is 0 Å². The van der Waals surface area contributed by atoms with Crippen LogP contribution in [-0.2, 0) is 0 Å². The number of allylic oxidation sites excluding steroid dienone is 7. The van der Waals surface area contributed by atoms with E-state index in [2.05, 4.69) is 38.7 Å². The van der Waals surface area contributed by atoms with Gasteiger partial charge in [0.2, 0.25) is 0 Å². The van der Waals surface area contributed by atoms with E-state index in [4.69, 9.17) is 0 Å². The average Bonchev–Trinajstić information content (AvgIpc) is 2.53. The van der Waals surface area contributed by atoms with Crippen molar-refractivity contribution in [1.82, 2.24) is 0 Å². The SMILES string of the molecule is C=C(C)[C@@H]1CCC(C)=C2C=CC=C2C1. The Hall–Kier alpha value is -1.04. The van der Waals surface area contributed by atoms with Gasteiger partial charge in [0, 0.05) is 0 Å². The molecular formula is C14H18. The summed E-state index contributed by atoms with van der Waals surface area (Å²) in [5.41, 5.74) is 5.90. The fourth-order valence-electron chi connectivity index (χ4n) is 2.37. The van der Waals surface area contributed by atoms with E-state index >= 15 is 0 Å². The Labute approximate surface area is 86.7 Å². The minimum Gasteiger partial charge on any atom is -0.0998 e. The van der Waals surface area contributed by atoms with Crippen molar-refractivity contribution in [2.75, 3.05) is 0 Å². The second kappa shape index (κ2) is 3.61. The van der Waals surface area contributed by atoms with Gasteiger partial charge < -0.3 is 0 Å². The summed E-state index contributed by atoms with van der Waals surface area (Å²) in [7, 11) is 0. The molecule has 0 unspecified atom stereocenters. The predicted molar refractivity (Wildman–Crippen MR) is 62.1 cm³/mol. The maximum absolute atomic E-state index is 4.09. The van der Waals surface area contributed by atoms with Crippen molar-refractivity contribution in [3.63, 3.8) is 0 Å². The summed E-state index contributed by atoms with van der Waals surface area (Å²) in [4.78, 5) is 0. The van der Waals surface area contributed by atoms with E-state index in [0.717, 1.165) is 0 Å². The van der Waals surface area contributed by atoms with E-state index in [1.54, 1.807) is 5.57 Å². The second-order valence-electron chi connectivity index (χ2n) is 4.53. The standard InChI is InChI=1S/C14H18/c1-10(2)12-8-7-11(3)14-6-4-5-13(14)9-12/h4-6,12H,1,7-9H2,2-3H3/t12-/m1/s1. The zero-order valence-electron chi connectivity index (χ0n) is 9.14. The quantitative estimate of drug-likeness (QED) is 0.539. The molecule has 0 bridgehead atoms. The first-order valence-corrected chi connectivity index (χ1v) is 5.41. The highest BCUT2D eigenvalue weighted by atomic mass is 14.3. The predicted octanol–water partition coefficient (Wildman–Crippen LogP) is 4.18. The first-order chi connectivity index (χ1) is 6.68. The highest BCUT2D eigenvalue weighted by Gasteiger charge is 2.20. The Balaban J connectivity index is 2.26. The van der Waals surface area contributed by atoms with Gasteiger partial charge in [-0.3, -0.25) is 0 Å². The van der Waals surface area contributed by atoms with Crippen LogP contribution in [0.5, 0.6) is 0 Å². The lowest BCUT2D eigenvalue weighted by atomic mass is 9.91. The molecule has 0 aromatic rings. The Morgan fingerprint density at radius 3 is 3.00 bits per heavy atom. The van der Waals surface area contributed by atoms with Crippen LogP contribution < -0.4 is 0 Å². The summed E-state index contributed by atoms with van der Waals surface area (Å²) >= 11 is 0. The Kier molecular flexibility index (Phi) is 2.45. The van der Waals surface area contributed by atoms with E-state index in [0.29, 0.717) is 5.92 Å². The van der Waals surface area contributed by atoms with Gasteiger partial charge in [-0.2, -0.15) is 0 Å². The molecule has 2 aliphatic carbocycles. The summed E-state index contributed by atoms with van der Waals surface area (Å²) in [6.07, 6.45) is 10.4. The van der Waals surface area contributed by atoms with Crippen molar-refractivity contribution in [3.05, 3.63) is 47.1 Å². The van der Waals surface area contributed by atoms with Crippen LogP contribution in [0.1, 0.15) is 33.1 Å². The number of rotatable bonds is 1. The molecule has 0 heterocycles. The second-order valence-corrected chi connectivity index (χ2v) is 4.53. The van der Waals surface area contributed by atoms with Gasteiger partial charge in [0.15, 0.2) is 0 Å². The van der Waals surface area contributed by atoms with Gasteiger partial charge in [0.1, 0.15) is 0 Å². The molecule has 74 valence electrons. The molecule has 0 spiro atoms. The molecule has 2 aliphatic rings. The maximum Gasteiger partial charge on any atom is -0.0165 e. The zero-order valence-corrected chi connectivity index (χ0v) is 9.14. The molecule has 0 heteroatoms. The van der Waals surface area contributed by atoms with Gasteiger partial charge in [-0.25, -0.2) is 0 Å². The van der Waals surface area contributed by atoms with Crippen molar-refractivity contribution >= 4 is 0 Å². The van der Waals surface area contributed by atoms with Gasteiger partial charge in [0.25, 0.3) is 0 Å². The van der Waals surface area contributed by atoms with Crippen molar-refractivity contribution < 1.29 is 0 Å². The fourth-order valence-corrected chi connectivity index (χ4v) is 2.37. The van der Waals surface area contributed by atoms with Crippen LogP contribution in [0.2, 0.25) is 0 Å². The van der Waals surface area contributed by atoms with Crippen molar-refractivity contribution in [2.24, 2.45) is 5.92 Å². The lowest BCUT2D eigenvalue weighted by molar-refractivity contribution is 0.569. The lowest BCUT2D eigenvalue weighted by Crippen LogP contribution is -2.00. The molecule has 0 nitrogen and oxygen atoms in total. The lowest BCUT2D eigenvalue weighted by Gasteiger charge is -2.14. The third-order valence-corrected chi connectivity index (χ3v) is 3.40. The van der Waals surface area contributed by atoms with Crippen LogP contribution in [-0.4, -0.2) is 0 Å². The molecule has 0 saturated carbocycles. The summed E-state index contributed by atoms with van der Waals surface area (Å²) in [5, 5.41) is 0. The highest BCUT2D eigenvalue weighted by Crippen LogP contribution is 2.37. The van der Waals surface area contributed by atoms with Crippen molar-refractivity contribution in [3.8, 4) is 0 Å². The highest BCUT2D eigenvalue weighted by molar-refractivity contribution is 5.51. The van der Waals surface area contributed by atoms with Crippen molar-refractivity contribution in [1.29, 1.82) is 0 Å². The minimum absolute atomic E-state index is 0.689. The maximum atomic E-state index is 4.09. The summed E-state index contributed by atoms with van der Waals surface area (Å²) in [6, 6.07) is 0. The van der Waals surface area contributed by atoms with Gasteiger partial charge in [-0.1, -0.05) is 36.0 Å². The van der Waals surface area contributed by atoms with E-state index in [9.17, 15) is 0 Å². The Bertz CT molecular complexity index is 350. The molecule has 0 saturated heterocycles. The van der Waals surface area contributed by atoms with Gasteiger partial charge in [0.05, 0.1) is 0 Å². The molecule has 0 N–H and O–H groups in total. The molecule has 1 atom stereocenters. The van der Waals surface area contributed by atoms with Crippen LogP contribution >= 0.6 is 0 Å². The molecule has 0 radical (unpaired) electrons. The topological polar surface area (TPSA) is 0 Å². The van der Waals surface area contributed by atoms with E-state index < -0.39 is 0 Å². The molecule has 0 fully saturated rings. The number of fused-ring (bicyclic) bond motifs is 1. The Morgan fingerprint density at radius 1 is 1.50 bits per heavy atom. The first kappa shape index (κ1) is 9.51. The average molecular weight is 186 g/mol. The molecule has 2 rings (SSSR count). The first-order valence-electron chi connectivity index (χ1n) is 5.41. The normalized spacial score (nSPS) is 25.9. The number of hydrogen-bond donors (Lipinski definition) is 0. The van der Waals surface area contributed by atoms with Crippen LogP contribution in [0.25, 0.3) is 0 Å². The molecular weight excluding hydrogens is 168 g/mol. The summed E-state index contributed by atoms with van der Waals surface area (Å²) in [5.74, 6) is 0.689. The van der Waals surface area contributed by atoms with Gasteiger partial charge in [-0.15, -0.1) is 0 Å². The third-order valence-electron chi connectivity index (χ3n) is 3.40. The van der Waals surface area contributed by atoms with Gasteiger partial charge >= 0.3 is 0 Å². The molecule has 0 aromatic carbocycles. The van der Waals surface area contributed by atoms with Crippen LogP contribution in [0.4, 0.5) is 0 Å². The van der Waals surface area contributed by atoms with Crippen LogP contribution in [0.15, 0.2) is 47.1 Å². The van der Waals surface area contributed by atoms with E-state index in [1.807, 2.05) is 0 Å². The summed E-state index contributed by atoms with van der Waals surface area (Å²) in [6.45, 7) is 8.52. The minimum atomic E-state index is 0.689. The zero-order chi connectivity index (χ0) is 10.1. The monoisotopic (exact) mass is 186 g/mol. The van der Waals surface area contributed by atoms with E-state index in [1.165, 1.54) is 36.0 Å². The van der Waals surface area contributed by atoms with Gasteiger partial charge in [-0.05, 0) is 50.2 Å². The Morgan fingerprint density at radius 2 is 2.29 bits per heavy atom. The van der Waals surface area contributed by atoms with Crippen LogP contribution in [0, 0.1) is 5.92 Å². The third kappa shape index (κ3) is 1.61. The molecule has 0 aliphatic heterocycles. The number of hydrogen-bond acceptors (Lipinski definition) is 0. The largest absolute Gasteiger partial charge is 0.0998 e. The fraction of sp³-hybridized carbons (Fsp3) is 0.429. The molecule has 0 amide bonds. The van der Waals surface area contributed by atoms with Crippen molar-refractivity contribution in [2.45, 2.75) is 33.1 Å². The molecule has 14 heavy (non-hydrogen) atoms. The molecule has 0 aromatic heterocycles. The smallest absolute Gasteiger partial charge is 0.0165 e. The summed E-state index contributed by atoms with van der Waals surface area (Å²) < 4.78 is 0. The van der Waals surface area contributed by atoms with E-state index in [-0.39, 0.29) is 0 Å².